The molecular weight excluding hydrogens is 304 g/mol. The SMILES string of the molecule is NC1CCC(C(=O)Nc2cccc(Cl)c2Br)C1. The Balaban J connectivity index is 2.06. The van der Waals surface area contributed by atoms with Crippen LogP contribution in [0.1, 0.15) is 19.3 Å². The lowest BCUT2D eigenvalue weighted by Crippen LogP contribution is -2.23. The Morgan fingerprint density at radius 3 is 2.88 bits per heavy atom. The first-order valence-electron chi connectivity index (χ1n) is 5.58. The molecule has 2 unspecified atom stereocenters. The fourth-order valence-corrected chi connectivity index (χ4v) is 2.63. The van der Waals surface area contributed by atoms with Crippen molar-refractivity contribution in [2.24, 2.45) is 11.7 Å². The monoisotopic (exact) mass is 316 g/mol. The highest BCUT2D eigenvalue weighted by molar-refractivity contribution is 9.10. The van der Waals surface area contributed by atoms with Gasteiger partial charge in [-0.25, -0.2) is 0 Å². The molecule has 0 aliphatic heterocycles. The van der Waals surface area contributed by atoms with Crippen LogP contribution in [0, 0.1) is 5.92 Å². The van der Waals surface area contributed by atoms with E-state index in [4.69, 9.17) is 17.3 Å². The highest BCUT2D eigenvalue weighted by Gasteiger charge is 2.28. The maximum Gasteiger partial charge on any atom is 0.227 e. The quantitative estimate of drug-likeness (QED) is 0.880. The molecule has 0 spiro atoms. The van der Waals surface area contributed by atoms with Crippen molar-refractivity contribution >= 4 is 39.1 Å². The molecule has 1 aliphatic carbocycles. The van der Waals surface area contributed by atoms with E-state index in [2.05, 4.69) is 21.2 Å². The molecule has 1 saturated carbocycles. The summed E-state index contributed by atoms with van der Waals surface area (Å²) in [6, 6.07) is 5.56. The van der Waals surface area contributed by atoms with Crippen LogP contribution in [0.25, 0.3) is 0 Å². The van der Waals surface area contributed by atoms with Crippen molar-refractivity contribution in [1.29, 1.82) is 0 Å². The van der Waals surface area contributed by atoms with Crippen molar-refractivity contribution in [2.75, 3.05) is 5.32 Å². The predicted molar refractivity (Wildman–Crippen MR) is 73.1 cm³/mol. The summed E-state index contributed by atoms with van der Waals surface area (Å²) in [6.07, 6.45) is 2.56. The summed E-state index contributed by atoms with van der Waals surface area (Å²) in [7, 11) is 0. The van der Waals surface area contributed by atoms with Gasteiger partial charge in [0.15, 0.2) is 0 Å². The minimum Gasteiger partial charge on any atom is -0.328 e. The normalized spacial score (nSPS) is 23.7. The zero-order chi connectivity index (χ0) is 12.4. The fraction of sp³-hybridized carbons (Fsp3) is 0.417. The summed E-state index contributed by atoms with van der Waals surface area (Å²) in [5.41, 5.74) is 6.51. The number of rotatable bonds is 2. The van der Waals surface area contributed by atoms with Crippen LogP contribution in [0.5, 0.6) is 0 Å². The van der Waals surface area contributed by atoms with Crippen molar-refractivity contribution in [1.82, 2.24) is 0 Å². The maximum absolute atomic E-state index is 12.0. The van der Waals surface area contributed by atoms with Gasteiger partial charge in [0.1, 0.15) is 0 Å². The highest BCUT2D eigenvalue weighted by atomic mass is 79.9. The van der Waals surface area contributed by atoms with Gasteiger partial charge in [-0.2, -0.15) is 0 Å². The molecule has 92 valence electrons. The number of amides is 1. The zero-order valence-electron chi connectivity index (χ0n) is 9.25. The summed E-state index contributed by atoms with van der Waals surface area (Å²) in [5.74, 6) is 0.0526. The third-order valence-electron chi connectivity index (χ3n) is 3.05. The van der Waals surface area contributed by atoms with E-state index in [9.17, 15) is 4.79 Å². The Morgan fingerprint density at radius 2 is 2.24 bits per heavy atom. The molecule has 0 heterocycles. The number of anilines is 1. The number of nitrogens with one attached hydrogen (secondary N) is 1. The van der Waals surface area contributed by atoms with E-state index in [1.807, 2.05) is 12.1 Å². The second-order valence-corrected chi connectivity index (χ2v) is 5.56. The van der Waals surface area contributed by atoms with Gasteiger partial charge in [0.2, 0.25) is 5.91 Å². The van der Waals surface area contributed by atoms with Crippen LogP contribution >= 0.6 is 27.5 Å². The summed E-state index contributed by atoms with van der Waals surface area (Å²) in [6.45, 7) is 0. The van der Waals surface area contributed by atoms with Gasteiger partial charge in [-0.3, -0.25) is 4.79 Å². The summed E-state index contributed by atoms with van der Waals surface area (Å²) in [5, 5.41) is 3.48. The Hall–Kier alpha value is -0.580. The van der Waals surface area contributed by atoms with E-state index in [0.717, 1.165) is 23.7 Å². The lowest BCUT2D eigenvalue weighted by molar-refractivity contribution is -0.119. The van der Waals surface area contributed by atoms with E-state index in [0.29, 0.717) is 10.7 Å². The minimum atomic E-state index is 0.0240. The van der Waals surface area contributed by atoms with E-state index in [1.54, 1.807) is 6.07 Å². The van der Waals surface area contributed by atoms with Crippen LogP contribution in [0.15, 0.2) is 22.7 Å². The molecule has 0 bridgehead atoms. The van der Waals surface area contributed by atoms with Crippen LogP contribution in [0.4, 0.5) is 5.69 Å². The number of carbonyl (C=O) groups is 1. The Kier molecular flexibility index (Phi) is 4.07. The van der Waals surface area contributed by atoms with Crippen LogP contribution < -0.4 is 11.1 Å². The van der Waals surface area contributed by atoms with E-state index in [-0.39, 0.29) is 17.9 Å². The molecule has 3 nitrogen and oxygen atoms in total. The maximum atomic E-state index is 12.0. The van der Waals surface area contributed by atoms with Crippen molar-refractivity contribution in [3.63, 3.8) is 0 Å². The molecule has 17 heavy (non-hydrogen) atoms. The third-order valence-corrected chi connectivity index (χ3v) is 4.45. The Labute approximate surface area is 114 Å². The van der Waals surface area contributed by atoms with Crippen molar-refractivity contribution in [2.45, 2.75) is 25.3 Å². The van der Waals surface area contributed by atoms with Gasteiger partial charge in [0.25, 0.3) is 0 Å². The molecule has 0 radical (unpaired) electrons. The zero-order valence-corrected chi connectivity index (χ0v) is 11.6. The molecule has 1 amide bonds. The number of nitrogens with two attached hydrogens (primary N) is 1. The largest absolute Gasteiger partial charge is 0.328 e. The first-order valence-corrected chi connectivity index (χ1v) is 6.75. The number of hydrogen-bond donors (Lipinski definition) is 2. The summed E-state index contributed by atoms with van der Waals surface area (Å²) in [4.78, 5) is 12.0. The van der Waals surface area contributed by atoms with E-state index >= 15 is 0 Å². The smallest absolute Gasteiger partial charge is 0.227 e. The Bertz CT molecular complexity index is 439. The van der Waals surface area contributed by atoms with Crippen LogP contribution in [-0.4, -0.2) is 11.9 Å². The third kappa shape index (κ3) is 3.00. The van der Waals surface area contributed by atoms with Crippen molar-refractivity contribution < 1.29 is 4.79 Å². The molecule has 0 saturated heterocycles. The topological polar surface area (TPSA) is 55.1 Å². The van der Waals surface area contributed by atoms with Gasteiger partial charge >= 0.3 is 0 Å². The van der Waals surface area contributed by atoms with Crippen LogP contribution in [0.2, 0.25) is 5.02 Å². The average Bonchev–Trinajstić information content (AvgIpc) is 2.72. The molecular formula is C12H14BrClN2O. The van der Waals surface area contributed by atoms with Crippen LogP contribution in [0.3, 0.4) is 0 Å². The second-order valence-electron chi connectivity index (χ2n) is 4.36. The first kappa shape index (κ1) is 12.9. The number of halogens is 2. The van der Waals surface area contributed by atoms with Gasteiger partial charge in [-0.05, 0) is 47.3 Å². The second kappa shape index (κ2) is 5.38. The average molecular weight is 318 g/mol. The molecule has 5 heteroatoms. The van der Waals surface area contributed by atoms with Gasteiger partial charge in [-0.1, -0.05) is 17.7 Å². The molecule has 1 fully saturated rings. The molecule has 2 rings (SSSR count). The molecule has 1 aromatic rings. The summed E-state index contributed by atoms with van der Waals surface area (Å²) >= 11 is 9.32. The molecule has 3 N–H and O–H groups in total. The lowest BCUT2D eigenvalue weighted by Gasteiger charge is -2.12. The number of benzene rings is 1. The van der Waals surface area contributed by atoms with E-state index in [1.165, 1.54) is 0 Å². The Morgan fingerprint density at radius 1 is 1.47 bits per heavy atom. The van der Waals surface area contributed by atoms with E-state index < -0.39 is 0 Å². The van der Waals surface area contributed by atoms with Gasteiger partial charge < -0.3 is 11.1 Å². The fourth-order valence-electron chi connectivity index (χ4n) is 2.09. The predicted octanol–water partition coefficient (Wildman–Crippen LogP) is 3.17. The first-order chi connectivity index (χ1) is 8.08. The highest BCUT2D eigenvalue weighted by Crippen LogP contribution is 2.31. The summed E-state index contributed by atoms with van der Waals surface area (Å²) < 4.78 is 0.720. The molecule has 1 aliphatic rings. The standard InChI is InChI=1S/C12H14BrClN2O/c13-11-9(14)2-1-3-10(11)16-12(17)7-4-5-8(15)6-7/h1-3,7-8H,4-6,15H2,(H,16,17). The van der Waals surface area contributed by atoms with Crippen molar-refractivity contribution in [3.05, 3.63) is 27.7 Å². The van der Waals surface area contributed by atoms with Crippen molar-refractivity contribution in [3.8, 4) is 0 Å². The van der Waals surface area contributed by atoms with Gasteiger partial charge in [0, 0.05) is 12.0 Å². The number of carbonyl (C=O) groups excluding carboxylic acids is 1. The van der Waals surface area contributed by atoms with Crippen LogP contribution in [-0.2, 0) is 4.79 Å². The molecule has 1 aromatic carbocycles. The number of hydrogen-bond acceptors (Lipinski definition) is 2. The molecule has 0 aromatic heterocycles. The lowest BCUT2D eigenvalue weighted by atomic mass is 10.1. The molecule has 2 atom stereocenters. The minimum absolute atomic E-state index is 0.0240. The van der Waals surface area contributed by atoms with Gasteiger partial charge in [-0.15, -0.1) is 0 Å². The van der Waals surface area contributed by atoms with Gasteiger partial charge in [0.05, 0.1) is 15.2 Å².